The molecular weight excluding hydrogens is 376 g/mol. The Labute approximate surface area is 155 Å². The predicted molar refractivity (Wildman–Crippen MR) is 99.9 cm³/mol. The van der Waals surface area contributed by atoms with Crippen LogP contribution in [-0.4, -0.2) is 52.1 Å². The summed E-state index contributed by atoms with van der Waals surface area (Å²) < 4.78 is 48.2. The second kappa shape index (κ2) is 8.06. The maximum atomic E-state index is 12.5. The van der Waals surface area contributed by atoms with Crippen LogP contribution in [0.3, 0.4) is 0 Å². The Hall–Kier alpha value is -1.45. The largest absolute Gasteiger partial charge is 0.349 e. The SMILES string of the molecule is CCS(=O)(=O)N1CCC(C(=O)NC(C)c2ccc(S(C)(=O)=O)cc2)CC1. The van der Waals surface area contributed by atoms with Gasteiger partial charge in [-0.25, -0.2) is 21.1 Å². The van der Waals surface area contributed by atoms with Crippen LogP contribution < -0.4 is 5.32 Å². The van der Waals surface area contributed by atoms with Crippen molar-refractivity contribution in [3.05, 3.63) is 29.8 Å². The van der Waals surface area contributed by atoms with E-state index in [0.717, 1.165) is 11.8 Å². The third kappa shape index (κ3) is 5.05. The molecule has 146 valence electrons. The minimum atomic E-state index is -3.25. The number of rotatable bonds is 6. The highest BCUT2D eigenvalue weighted by molar-refractivity contribution is 7.90. The molecule has 0 aromatic heterocycles. The zero-order valence-corrected chi connectivity index (χ0v) is 16.9. The van der Waals surface area contributed by atoms with E-state index < -0.39 is 19.9 Å². The van der Waals surface area contributed by atoms with Gasteiger partial charge in [0, 0.05) is 25.3 Å². The maximum absolute atomic E-state index is 12.5. The average molecular weight is 403 g/mol. The third-order valence-corrected chi connectivity index (χ3v) is 7.76. The lowest BCUT2D eigenvalue weighted by atomic mass is 9.96. The molecule has 1 amide bonds. The molecule has 1 atom stereocenters. The van der Waals surface area contributed by atoms with Crippen LogP contribution in [0.2, 0.25) is 0 Å². The van der Waals surface area contributed by atoms with Crippen LogP contribution in [0.25, 0.3) is 0 Å². The minimum Gasteiger partial charge on any atom is -0.349 e. The van der Waals surface area contributed by atoms with Gasteiger partial charge in [0.2, 0.25) is 15.9 Å². The monoisotopic (exact) mass is 402 g/mol. The lowest BCUT2D eigenvalue weighted by molar-refractivity contribution is -0.126. The van der Waals surface area contributed by atoms with Crippen LogP contribution in [0, 0.1) is 5.92 Å². The molecule has 26 heavy (non-hydrogen) atoms. The summed E-state index contributed by atoms with van der Waals surface area (Å²) in [4.78, 5) is 12.7. The summed E-state index contributed by atoms with van der Waals surface area (Å²) >= 11 is 0. The fourth-order valence-corrected chi connectivity index (χ4v) is 4.76. The van der Waals surface area contributed by atoms with Gasteiger partial charge in [-0.2, -0.15) is 0 Å². The molecule has 0 aliphatic carbocycles. The van der Waals surface area contributed by atoms with E-state index in [4.69, 9.17) is 0 Å². The molecule has 1 aliphatic rings. The molecule has 1 aliphatic heterocycles. The molecule has 0 spiro atoms. The Morgan fingerprint density at radius 2 is 1.69 bits per heavy atom. The standard InChI is InChI=1S/C17H26N2O5S2/c1-4-26(23,24)19-11-9-15(10-12-19)17(20)18-13(2)14-5-7-16(8-6-14)25(3,21)22/h5-8,13,15H,4,9-12H2,1-3H3,(H,18,20). The normalized spacial score (nSPS) is 18.4. The maximum Gasteiger partial charge on any atom is 0.223 e. The smallest absolute Gasteiger partial charge is 0.223 e. The zero-order chi connectivity index (χ0) is 19.5. The number of sulfone groups is 1. The van der Waals surface area contributed by atoms with Crippen LogP contribution in [0.4, 0.5) is 0 Å². The van der Waals surface area contributed by atoms with Gasteiger partial charge in [0.25, 0.3) is 0 Å². The first-order chi connectivity index (χ1) is 12.0. The highest BCUT2D eigenvalue weighted by Crippen LogP contribution is 2.22. The van der Waals surface area contributed by atoms with Crippen molar-refractivity contribution in [1.82, 2.24) is 9.62 Å². The van der Waals surface area contributed by atoms with E-state index in [0.29, 0.717) is 25.9 Å². The van der Waals surface area contributed by atoms with Crippen LogP contribution in [0.5, 0.6) is 0 Å². The number of piperidine rings is 1. The number of hydrogen-bond acceptors (Lipinski definition) is 5. The first-order valence-corrected chi connectivity index (χ1v) is 12.1. The topological polar surface area (TPSA) is 101 Å². The van der Waals surface area contributed by atoms with Gasteiger partial charge in [-0.3, -0.25) is 4.79 Å². The molecule has 9 heteroatoms. The van der Waals surface area contributed by atoms with Crippen LogP contribution >= 0.6 is 0 Å². The van der Waals surface area contributed by atoms with Gasteiger partial charge in [0.15, 0.2) is 9.84 Å². The Kier molecular flexibility index (Phi) is 6.46. The highest BCUT2D eigenvalue weighted by Gasteiger charge is 2.30. The van der Waals surface area contributed by atoms with Gasteiger partial charge in [-0.15, -0.1) is 0 Å². The Morgan fingerprint density at radius 3 is 2.15 bits per heavy atom. The summed E-state index contributed by atoms with van der Waals surface area (Å²) in [5.74, 6) is -0.237. The van der Waals surface area contributed by atoms with Crippen LogP contribution in [0.1, 0.15) is 38.3 Å². The van der Waals surface area contributed by atoms with Crippen molar-refractivity contribution in [1.29, 1.82) is 0 Å². The fraction of sp³-hybridized carbons (Fsp3) is 0.588. The van der Waals surface area contributed by atoms with Gasteiger partial charge in [-0.05, 0) is 44.4 Å². The summed E-state index contributed by atoms with van der Waals surface area (Å²) in [6, 6.07) is 6.19. The van der Waals surface area contributed by atoms with E-state index in [1.165, 1.54) is 16.4 Å². The summed E-state index contributed by atoms with van der Waals surface area (Å²) in [6.45, 7) is 4.19. The fourth-order valence-electron chi connectivity index (χ4n) is 3.00. The lowest BCUT2D eigenvalue weighted by Crippen LogP contribution is -2.43. The minimum absolute atomic E-state index is 0.0738. The Morgan fingerprint density at radius 1 is 1.15 bits per heavy atom. The highest BCUT2D eigenvalue weighted by atomic mass is 32.2. The Bertz CT molecular complexity index is 840. The van der Waals surface area contributed by atoms with Crippen LogP contribution in [0.15, 0.2) is 29.2 Å². The molecule has 0 bridgehead atoms. The average Bonchev–Trinajstić information content (AvgIpc) is 2.61. The molecule has 1 fully saturated rings. The predicted octanol–water partition coefficient (Wildman–Crippen LogP) is 1.33. The molecule has 7 nitrogen and oxygen atoms in total. The number of amides is 1. The number of benzene rings is 1. The molecule has 1 aromatic carbocycles. The number of sulfonamides is 1. The van der Waals surface area contributed by atoms with E-state index in [9.17, 15) is 21.6 Å². The number of carbonyl (C=O) groups excluding carboxylic acids is 1. The third-order valence-electron chi connectivity index (χ3n) is 4.75. The van der Waals surface area contributed by atoms with Gasteiger partial charge < -0.3 is 5.32 Å². The van der Waals surface area contributed by atoms with Gasteiger partial charge in [-0.1, -0.05) is 12.1 Å². The lowest BCUT2D eigenvalue weighted by Gasteiger charge is -2.31. The second-order valence-corrected chi connectivity index (χ2v) is 10.9. The summed E-state index contributed by atoms with van der Waals surface area (Å²) in [7, 11) is -6.45. The number of nitrogens with zero attached hydrogens (tertiary/aromatic N) is 1. The van der Waals surface area contributed by atoms with E-state index in [-0.39, 0.29) is 28.5 Å². The number of carbonyl (C=O) groups is 1. The quantitative estimate of drug-likeness (QED) is 0.774. The molecule has 1 saturated heterocycles. The van der Waals surface area contributed by atoms with E-state index >= 15 is 0 Å². The van der Waals surface area contributed by atoms with E-state index in [2.05, 4.69) is 5.32 Å². The molecule has 0 radical (unpaired) electrons. The zero-order valence-electron chi connectivity index (χ0n) is 15.3. The molecular formula is C17H26N2O5S2. The molecule has 1 heterocycles. The molecule has 0 saturated carbocycles. The van der Waals surface area contributed by atoms with Gasteiger partial charge in [0.05, 0.1) is 16.7 Å². The van der Waals surface area contributed by atoms with Crippen molar-refractivity contribution in [2.75, 3.05) is 25.1 Å². The summed E-state index contributed by atoms with van der Waals surface area (Å²) in [6.07, 6.45) is 2.16. The summed E-state index contributed by atoms with van der Waals surface area (Å²) in [5, 5.41) is 2.94. The second-order valence-electron chi connectivity index (χ2n) is 6.65. The van der Waals surface area contributed by atoms with Gasteiger partial charge in [0.1, 0.15) is 0 Å². The van der Waals surface area contributed by atoms with Crippen molar-refractivity contribution in [2.45, 2.75) is 37.6 Å². The van der Waals surface area contributed by atoms with E-state index in [1.54, 1.807) is 19.1 Å². The van der Waals surface area contributed by atoms with Crippen molar-refractivity contribution in [3.63, 3.8) is 0 Å². The first-order valence-electron chi connectivity index (χ1n) is 8.63. The van der Waals surface area contributed by atoms with Crippen LogP contribution in [-0.2, 0) is 24.7 Å². The van der Waals surface area contributed by atoms with Crippen molar-refractivity contribution >= 4 is 25.8 Å². The summed E-state index contributed by atoms with van der Waals surface area (Å²) in [5.41, 5.74) is 0.816. The molecule has 2 rings (SSSR count). The number of nitrogens with one attached hydrogen (secondary N) is 1. The Balaban J connectivity index is 1.94. The molecule has 1 aromatic rings. The van der Waals surface area contributed by atoms with Crippen molar-refractivity contribution in [2.24, 2.45) is 5.92 Å². The first kappa shape index (κ1) is 20.9. The number of hydrogen-bond donors (Lipinski definition) is 1. The van der Waals surface area contributed by atoms with Gasteiger partial charge >= 0.3 is 0 Å². The van der Waals surface area contributed by atoms with Crippen molar-refractivity contribution < 1.29 is 21.6 Å². The van der Waals surface area contributed by atoms with E-state index in [1.807, 2.05) is 6.92 Å². The molecule has 1 unspecified atom stereocenters. The molecule has 1 N–H and O–H groups in total. The van der Waals surface area contributed by atoms with Crippen molar-refractivity contribution in [3.8, 4) is 0 Å².